The highest BCUT2D eigenvalue weighted by molar-refractivity contribution is 9.11. The van der Waals surface area contributed by atoms with Crippen molar-refractivity contribution in [3.05, 3.63) is 44.8 Å². The summed E-state index contributed by atoms with van der Waals surface area (Å²) in [6.45, 7) is 0. The van der Waals surface area contributed by atoms with Gasteiger partial charge in [-0.2, -0.15) is 0 Å². The molecule has 2 rings (SSSR count). The van der Waals surface area contributed by atoms with Crippen molar-refractivity contribution >= 4 is 38.9 Å². The number of benzene rings is 1. The summed E-state index contributed by atoms with van der Waals surface area (Å²) in [6, 6.07) is 7.11. The topological polar surface area (TPSA) is 49.3 Å². The second-order valence-corrected chi connectivity index (χ2v) is 5.69. The van der Waals surface area contributed by atoms with E-state index in [1.807, 2.05) is 0 Å². The maximum atomic E-state index is 13.0. The molecule has 2 N–H and O–H groups in total. The molecule has 0 radical (unpaired) electrons. The van der Waals surface area contributed by atoms with Gasteiger partial charge in [-0.3, -0.25) is 4.79 Å². The molecular weight excluding hydrogens is 309 g/mol. The normalized spacial score (nSPS) is 10.2. The number of hydrogen-bond acceptors (Lipinski definition) is 3. The number of carbonyl (C=O) groups excluding carboxylic acids is 1. The van der Waals surface area contributed by atoms with E-state index >= 15 is 0 Å². The first-order valence-corrected chi connectivity index (χ1v) is 6.22. The summed E-state index contributed by atoms with van der Waals surface area (Å²) in [4.78, 5) is 12.2. The van der Waals surface area contributed by atoms with Crippen LogP contribution >= 0.6 is 27.3 Å². The lowest BCUT2D eigenvalue weighted by atomic mass is 10.3. The van der Waals surface area contributed by atoms with Gasteiger partial charge in [0.25, 0.3) is 5.91 Å². The lowest BCUT2D eigenvalue weighted by Crippen LogP contribution is -2.10. The van der Waals surface area contributed by atoms with Crippen molar-refractivity contribution in [3.63, 3.8) is 0 Å². The predicted octanol–water partition coefficient (Wildman–Crippen LogP) is 3.61. The molecule has 0 aliphatic rings. The quantitative estimate of drug-likeness (QED) is 0.832. The summed E-state index contributed by atoms with van der Waals surface area (Å²) in [5.41, 5.74) is 0.301. The number of hydrogen-bond donors (Lipinski definition) is 2. The second kappa shape index (κ2) is 4.85. The largest absolute Gasteiger partial charge is 0.505 e. The summed E-state index contributed by atoms with van der Waals surface area (Å²) in [5.74, 6) is -1.53. The molecule has 6 heteroatoms. The fourth-order valence-corrected chi connectivity index (χ4v) is 2.49. The number of carbonyl (C=O) groups is 1. The fourth-order valence-electron chi connectivity index (χ4n) is 1.21. The lowest BCUT2D eigenvalue weighted by Gasteiger charge is -2.04. The minimum atomic E-state index is -0.768. The highest BCUT2D eigenvalue weighted by Crippen LogP contribution is 2.24. The number of nitrogens with one attached hydrogen (secondary N) is 1. The molecule has 0 atom stereocenters. The molecule has 17 heavy (non-hydrogen) atoms. The van der Waals surface area contributed by atoms with E-state index in [0.717, 1.165) is 9.85 Å². The van der Waals surface area contributed by atoms with Crippen molar-refractivity contribution in [2.24, 2.45) is 0 Å². The number of halogens is 2. The van der Waals surface area contributed by atoms with Crippen molar-refractivity contribution in [3.8, 4) is 5.75 Å². The highest BCUT2D eigenvalue weighted by Gasteiger charge is 2.10. The van der Waals surface area contributed by atoms with Gasteiger partial charge in [0.2, 0.25) is 0 Å². The van der Waals surface area contributed by atoms with Crippen molar-refractivity contribution in [2.45, 2.75) is 0 Å². The van der Waals surface area contributed by atoms with Crippen LogP contribution in [0.25, 0.3) is 0 Å². The Bertz CT molecular complexity index is 570. The number of anilines is 1. The van der Waals surface area contributed by atoms with E-state index in [1.54, 1.807) is 12.1 Å². The summed E-state index contributed by atoms with van der Waals surface area (Å²) in [5, 5.41) is 11.5. The zero-order valence-electron chi connectivity index (χ0n) is 8.41. The third kappa shape index (κ3) is 2.83. The van der Waals surface area contributed by atoms with E-state index in [1.165, 1.54) is 23.5 Å². The highest BCUT2D eigenvalue weighted by atomic mass is 79.9. The number of aromatic hydroxyl groups is 1. The smallest absolute Gasteiger partial charge is 0.265 e. The Kier molecular flexibility index (Phi) is 3.44. The average molecular weight is 316 g/mol. The molecule has 0 spiro atoms. The third-order valence-electron chi connectivity index (χ3n) is 2.00. The van der Waals surface area contributed by atoms with Crippen molar-refractivity contribution in [1.82, 2.24) is 0 Å². The first kappa shape index (κ1) is 12.1. The average Bonchev–Trinajstić information content (AvgIpc) is 2.70. The molecule has 1 aromatic heterocycles. The number of amides is 1. The van der Waals surface area contributed by atoms with Gasteiger partial charge in [0, 0.05) is 11.8 Å². The summed E-state index contributed by atoms with van der Waals surface area (Å²) < 4.78 is 13.9. The van der Waals surface area contributed by atoms with E-state index in [2.05, 4.69) is 21.2 Å². The SMILES string of the molecule is O=C(Nc1ccc(O)c(F)c1)c1ccc(Br)s1. The molecule has 88 valence electrons. The molecule has 0 aliphatic carbocycles. The number of phenolic OH excluding ortho intramolecular Hbond substituents is 1. The maximum absolute atomic E-state index is 13.0. The van der Waals surface area contributed by atoms with E-state index in [4.69, 9.17) is 5.11 Å². The van der Waals surface area contributed by atoms with Crippen LogP contribution in [0.2, 0.25) is 0 Å². The molecule has 0 saturated carbocycles. The van der Waals surface area contributed by atoms with Crippen molar-refractivity contribution < 1.29 is 14.3 Å². The van der Waals surface area contributed by atoms with Crippen LogP contribution < -0.4 is 5.32 Å². The van der Waals surface area contributed by atoms with Crippen LogP contribution in [0.5, 0.6) is 5.75 Å². The van der Waals surface area contributed by atoms with Gasteiger partial charge >= 0.3 is 0 Å². The van der Waals surface area contributed by atoms with Crippen LogP contribution in [0.15, 0.2) is 34.1 Å². The van der Waals surface area contributed by atoms with Gasteiger partial charge in [0.15, 0.2) is 11.6 Å². The van der Waals surface area contributed by atoms with Gasteiger partial charge in [-0.05, 0) is 40.2 Å². The fraction of sp³-hybridized carbons (Fsp3) is 0. The second-order valence-electron chi connectivity index (χ2n) is 3.22. The third-order valence-corrected chi connectivity index (χ3v) is 3.62. The van der Waals surface area contributed by atoms with Gasteiger partial charge in [0.05, 0.1) is 8.66 Å². The molecule has 0 saturated heterocycles. The van der Waals surface area contributed by atoms with Gasteiger partial charge in [0.1, 0.15) is 0 Å². The molecule has 0 bridgehead atoms. The van der Waals surface area contributed by atoms with Crippen molar-refractivity contribution in [1.29, 1.82) is 0 Å². The van der Waals surface area contributed by atoms with Gasteiger partial charge in [-0.25, -0.2) is 4.39 Å². The molecule has 1 amide bonds. The first-order chi connectivity index (χ1) is 8.06. The Hall–Kier alpha value is -1.40. The number of phenols is 1. The summed E-state index contributed by atoms with van der Waals surface area (Å²) in [7, 11) is 0. The Labute approximate surface area is 109 Å². The standard InChI is InChI=1S/C11H7BrFNO2S/c12-10-4-3-9(17-10)11(16)14-6-1-2-8(15)7(13)5-6/h1-5,15H,(H,14,16). The molecule has 1 aromatic carbocycles. The lowest BCUT2D eigenvalue weighted by molar-refractivity contribution is 0.103. The Morgan fingerprint density at radius 2 is 2.12 bits per heavy atom. The maximum Gasteiger partial charge on any atom is 0.265 e. The molecule has 2 aromatic rings. The van der Waals surface area contributed by atoms with Crippen molar-refractivity contribution in [2.75, 3.05) is 5.32 Å². The zero-order chi connectivity index (χ0) is 12.4. The molecular formula is C11H7BrFNO2S. The van der Waals surface area contributed by atoms with Crippen LogP contribution in [0, 0.1) is 5.82 Å². The molecule has 0 unspecified atom stereocenters. The van der Waals surface area contributed by atoms with E-state index in [-0.39, 0.29) is 5.91 Å². The predicted molar refractivity (Wildman–Crippen MR) is 68.0 cm³/mol. The van der Waals surface area contributed by atoms with Crippen LogP contribution in [-0.2, 0) is 0 Å². The van der Waals surface area contributed by atoms with E-state index in [9.17, 15) is 9.18 Å². The minimum absolute atomic E-state index is 0.301. The molecule has 0 fully saturated rings. The van der Waals surface area contributed by atoms with Crippen LogP contribution in [-0.4, -0.2) is 11.0 Å². The van der Waals surface area contributed by atoms with Crippen LogP contribution in [0.3, 0.4) is 0 Å². The Morgan fingerprint density at radius 1 is 1.35 bits per heavy atom. The minimum Gasteiger partial charge on any atom is -0.505 e. The van der Waals surface area contributed by atoms with Gasteiger partial charge in [-0.15, -0.1) is 11.3 Å². The number of rotatable bonds is 2. The molecule has 3 nitrogen and oxygen atoms in total. The zero-order valence-corrected chi connectivity index (χ0v) is 10.8. The van der Waals surface area contributed by atoms with Gasteiger partial charge in [-0.1, -0.05) is 0 Å². The van der Waals surface area contributed by atoms with Gasteiger partial charge < -0.3 is 10.4 Å². The Morgan fingerprint density at radius 3 is 2.71 bits per heavy atom. The van der Waals surface area contributed by atoms with Crippen LogP contribution in [0.4, 0.5) is 10.1 Å². The van der Waals surface area contributed by atoms with Crippen LogP contribution in [0.1, 0.15) is 9.67 Å². The monoisotopic (exact) mass is 315 g/mol. The van der Waals surface area contributed by atoms with E-state index < -0.39 is 11.6 Å². The van der Waals surface area contributed by atoms with E-state index in [0.29, 0.717) is 10.6 Å². The summed E-state index contributed by atoms with van der Waals surface area (Å²) in [6.07, 6.45) is 0. The Balaban J connectivity index is 2.15. The first-order valence-electron chi connectivity index (χ1n) is 4.61. The molecule has 1 heterocycles. The molecule has 0 aliphatic heterocycles. The summed E-state index contributed by atoms with van der Waals surface area (Å²) >= 11 is 4.54. The number of thiophene rings is 1.